The van der Waals surface area contributed by atoms with Crippen LogP contribution in [0.25, 0.3) is 0 Å². The van der Waals surface area contributed by atoms with E-state index in [0.717, 1.165) is 24.1 Å². The number of rotatable bonds is 3. The van der Waals surface area contributed by atoms with Crippen molar-refractivity contribution in [3.8, 4) is 0 Å². The molecule has 2 aliphatic heterocycles. The summed E-state index contributed by atoms with van der Waals surface area (Å²) >= 11 is 0. The minimum Gasteiger partial charge on any atom is -0.270 e. The van der Waals surface area contributed by atoms with Gasteiger partial charge in [0, 0.05) is 22.3 Å². The van der Waals surface area contributed by atoms with Crippen LogP contribution in [0.5, 0.6) is 0 Å². The lowest BCUT2D eigenvalue weighted by atomic mass is 9.80. The van der Waals surface area contributed by atoms with Crippen LogP contribution in [0.3, 0.4) is 0 Å². The standard InChI is InChI=1S/C21H22N2O2/c1-4-18-21(2,3)16-11-13(9-10-17(16)22-18)12-23-19(24)14-7-5-6-8-15(14)20(23)25/h5,7,9-11H,4,6,8,12H2,1-3H3. The van der Waals surface area contributed by atoms with Crippen molar-refractivity contribution >= 4 is 23.2 Å². The highest BCUT2D eigenvalue weighted by molar-refractivity contribution is 6.20. The molecule has 0 fully saturated rings. The molecular weight excluding hydrogens is 312 g/mol. The zero-order valence-electron chi connectivity index (χ0n) is 14.9. The lowest BCUT2D eigenvalue weighted by Gasteiger charge is -2.23. The minimum absolute atomic E-state index is 0.0979. The maximum atomic E-state index is 12.6. The van der Waals surface area contributed by atoms with Gasteiger partial charge in [-0.05, 0) is 36.5 Å². The Hall–Kier alpha value is -2.49. The molecule has 0 atom stereocenters. The van der Waals surface area contributed by atoms with Gasteiger partial charge < -0.3 is 0 Å². The van der Waals surface area contributed by atoms with Crippen molar-refractivity contribution in [1.29, 1.82) is 0 Å². The zero-order valence-corrected chi connectivity index (χ0v) is 14.9. The molecule has 1 aliphatic carbocycles. The number of amides is 2. The van der Waals surface area contributed by atoms with Gasteiger partial charge in [-0.15, -0.1) is 0 Å². The van der Waals surface area contributed by atoms with Crippen LogP contribution in [0.15, 0.2) is 46.5 Å². The third-order valence-electron chi connectivity index (χ3n) is 5.54. The molecule has 2 heterocycles. The smallest absolute Gasteiger partial charge is 0.261 e. The van der Waals surface area contributed by atoms with Crippen LogP contribution in [-0.2, 0) is 21.5 Å². The van der Waals surface area contributed by atoms with Crippen molar-refractivity contribution < 1.29 is 9.59 Å². The van der Waals surface area contributed by atoms with Crippen molar-refractivity contribution in [2.75, 3.05) is 0 Å². The molecule has 2 amide bonds. The average Bonchev–Trinajstić information content (AvgIpc) is 3.01. The Morgan fingerprint density at radius 2 is 2.00 bits per heavy atom. The SMILES string of the molecule is CCC1=Nc2ccc(CN3C(=O)C4=C(CCC=C4)C3=O)cc2C1(C)C. The molecule has 4 rings (SSSR count). The molecule has 128 valence electrons. The van der Waals surface area contributed by atoms with Crippen LogP contribution in [0.2, 0.25) is 0 Å². The quantitative estimate of drug-likeness (QED) is 0.785. The lowest BCUT2D eigenvalue weighted by molar-refractivity contribution is -0.138. The Morgan fingerprint density at radius 1 is 1.20 bits per heavy atom. The molecule has 0 saturated carbocycles. The van der Waals surface area contributed by atoms with Crippen LogP contribution in [0.1, 0.15) is 51.2 Å². The summed E-state index contributed by atoms with van der Waals surface area (Å²) in [7, 11) is 0. The Bertz CT molecular complexity index is 887. The van der Waals surface area contributed by atoms with E-state index in [1.807, 2.05) is 18.2 Å². The van der Waals surface area contributed by atoms with E-state index in [0.29, 0.717) is 24.1 Å². The third-order valence-corrected chi connectivity index (χ3v) is 5.54. The molecule has 4 nitrogen and oxygen atoms in total. The predicted molar refractivity (Wildman–Crippen MR) is 97.8 cm³/mol. The van der Waals surface area contributed by atoms with E-state index >= 15 is 0 Å². The summed E-state index contributed by atoms with van der Waals surface area (Å²) in [6.45, 7) is 6.81. The predicted octanol–water partition coefficient (Wildman–Crippen LogP) is 3.98. The number of aliphatic imine (C=N–C) groups is 1. The van der Waals surface area contributed by atoms with Crippen molar-refractivity contribution in [2.45, 2.75) is 52.0 Å². The van der Waals surface area contributed by atoms with Crippen LogP contribution >= 0.6 is 0 Å². The van der Waals surface area contributed by atoms with E-state index in [1.54, 1.807) is 6.08 Å². The highest BCUT2D eigenvalue weighted by atomic mass is 16.2. The molecule has 3 aliphatic rings. The van der Waals surface area contributed by atoms with Gasteiger partial charge in [0.1, 0.15) is 0 Å². The highest BCUT2D eigenvalue weighted by Crippen LogP contribution is 2.41. The minimum atomic E-state index is -0.166. The molecular formula is C21H22N2O2. The van der Waals surface area contributed by atoms with Crippen molar-refractivity contribution in [1.82, 2.24) is 4.90 Å². The summed E-state index contributed by atoms with van der Waals surface area (Å²) in [4.78, 5) is 31.3. The van der Waals surface area contributed by atoms with Gasteiger partial charge in [0.2, 0.25) is 0 Å². The first-order chi connectivity index (χ1) is 11.9. The first-order valence-corrected chi connectivity index (χ1v) is 8.90. The van der Waals surface area contributed by atoms with Gasteiger partial charge in [-0.2, -0.15) is 0 Å². The second-order valence-corrected chi connectivity index (χ2v) is 7.42. The normalized spacial score (nSPS) is 20.9. The van der Waals surface area contributed by atoms with Crippen LogP contribution in [0.4, 0.5) is 5.69 Å². The van der Waals surface area contributed by atoms with E-state index < -0.39 is 0 Å². The number of imide groups is 1. The highest BCUT2D eigenvalue weighted by Gasteiger charge is 2.38. The summed E-state index contributed by atoms with van der Waals surface area (Å²) < 4.78 is 0. The number of benzene rings is 1. The molecule has 0 N–H and O–H groups in total. The monoisotopic (exact) mass is 334 g/mol. The molecule has 1 aromatic rings. The van der Waals surface area contributed by atoms with E-state index in [2.05, 4.69) is 26.8 Å². The lowest BCUT2D eigenvalue weighted by Crippen LogP contribution is -2.31. The average molecular weight is 334 g/mol. The summed E-state index contributed by atoms with van der Waals surface area (Å²) in [5.74, 6) is -0.296. The van der Waals surface area contributed by atoms with Gasteiger partial charge in [0.25, 0.3) is 11.8 Å². The van der Waals surface area contributed by atoms with Crippen LogP contribution in [0, 0.1) is 0 Å². The van der Waals surface area contributed by atoms with Gasteiger partial charge >= 0.3 is 0 Å². The second kappa shape index (κ2) is 5.51. The Kier molecular flexibility index (Phi) is 3.53. The number of carbonyl (C=O) groups excluding carboxylic acids is 2. The number of fused-ring (bicyclic) bond motifs is 1. The number of hydrogen-bond acceptors (Lipinski definition) is 3. The molecule has 0 radical (unpaired) electrons. The van der Waals surface area contributed by atoms with E-state index in [9.17, 15) is 9.59 Å². The Balaban J connectivity index is 1.62. The molecule has 4 heteroatoms. The van der Waals surface area contributed by atoms with Gasteiger partial charge in [-0.3, -0.25) is 19.5 Å². The molecule has 0 aromatic heterocycles. The Morgan fingerprint density at radius 3 is 2.72 bits per heavy atom. The van der Waals surface area contributed by atoms with Crippen molar-refractivity contribution in [3.05, 3.63) is 52.6 Å². The largest absolute Gasteiger partial charge is 0.270 e. The Labute approximate surface area is 147 Å². The molecule has 0 bridgehead atoms. The zero-order chi connectivity index (χ0) is 17.8. The summed E-state index contributed by atoms with van der Waals surface area (Å²) in [5, 5.41) is 0. The van der Waals surface area contributed by atoms with E-state index in [-0.39, 0.29) is 17.2 Å². The molecule has 0 unspecified atom stereocenters. The van der Waals surface area contributed by atoms with Crippen molar-refractivity contribution in [2.24, 2.45) is 4.99 Å². The summed E-state index contributed by atoms with van der Waals surface area (Å²) in [6, 6.07) is 6.09. The number of nitrogens with zero attached hydrogens (tertiary/aromatic N) is 2. The molecule has 0 saturated heterocycles. The molecule has 25 heavy (non-hydrogen) atoms. The first kappa shape index (κ1) is 16.0. The van der Waals surface area contributed by atoms with Gasteiger partial charge in [0.05, 0.1) is 12.2 Å². The number of carbonyl (C=O) groups is 2. The fraction of sp³-hybridized carbons (Fsp3) is 0.381. The van der Waals surface area contributed by atoms with Crippen LogP contribution < -0.4 is 0 Å². The van der Waals surface area contributed by atoms with E-state index in [4.69, 9.17) is 4.99 Å². The molecule has 0 spiro atoms. The third kappa shape index (κ3) is 2.31. The van der Waals surface area contributed by atoms with Crippen LogP contribution in [-0.4, -0.2) is 22.4 Å². The van der Waals surface area contributed by atoms with Gasteiger partial charge in [-0.25, -0.2) is 0 Å². The summed E-state index contributed by atoms with van der Waals surface area (Å²) in [5.41, 5.74) is 5.49. The van der Waals surface area contributed by atoms with Gasteiger partial charge in [-0.1, -0.05) is 45.1 Å². The van der Waals surface area contributed by atoms with E-state index in [1.165, 1.54) is 16.2 Å². The van der Waals surface area contributed by atoms with Gasteiger partial charge in [0.15, 0.2) is 0 Å². The second-order valence-electron chi connectivity index (χ2n) is 7.42. The maximum absolute atomic E-state index is 12.6. The summed E-state index contributed by atoms with van der Waals surface area (Å²) in [6.07, 6.45) is 6.18. The fourth-order valence-electron chi connectivity index (χ4n) is 4.05. The number of allylic oxidation sites excluding steroid dienone is 1. The molecule has 1 aromatic carbocycles. The fourth-order valence-corrected chi connectivity index (χ4v) is 4.05. The maximum Gasteiger partial charge on any atom is 0.261 e. The first-order valence-electron chi connectivity index (χ1n) is 8.90. The number of hydrogen-bond donors (Lipinski definition) is 0. The van der Waals surface area contributed by atoms with Crippen molar-refractivity contribution in [3.63, 3.8) is 0 Å². The topological polar surface area (TPSA) is 49.7 Å².